The Balaban J connectivity index is 1.87. The van der Waals surface area contributed by atoms with Crippen LogP contribution in [0.4, 0.5) is 0 Å². The number of hydrogen-bond acceptors (Lipinski definition) is 0. The SMILES string of the molecule is CC12CC3CC(C)(C1)CC(CC(Br)CBr)(C3)C2. The Morgan fingerprint density at radius 1 is 1.06 bits per heavy atom. The van der Waals surface area contributed by atoms with Gasteiger partial charge >= 0.3 is 0 Å². The first-order valence-corrected chi connectivity index (χ1v) is 9.10. The van der Waals surface area contributed by atoms with Crippen LogP contribution in [-0.4, -0.2) is 10.2 Å². The van der Waals surface area contributed by atoms with Gasteiger partial charge in [0, 0.05) is 10.2 Å². The van der Waals surface area contributed by atoms with Crippen molar-refractivity contribution in [1.29, 1.82) is 0 Å². The molecule has 2 heteroatoms. The van der Waals surface area contributed by atoms with E-state index in [4.69, 9.17) is 0 Å². The maximum atomic E-state index is 3.86. The van der Waals surface area contributed by atoms with Crippen LogP contribution in [0, 0.1) is 22.2 Å². The van der Waals surface area contributed by atoms with E-state index in [1.807, 2.05) is 0 Å². The minimum Gasteiger partial charge on any atom is -0.0916 e. The van der Waals surface area contributed by atoms with E-state index in [9.17, 15) is 0 Å². The molecular weight excluding hydrogens is 340 g/mol. The third-order valence-corrected chi connectivity index (χ3v) is 7.86. The van der Waals surface area contributed by atoms with Crippen molar-refractivity contribution in [3.8, 4) is 0 Å². The summed E-state index contributed by atoms with van der Waals surface area (Å²) in [5.74, 6) is 1.04. The highest BCUT2D eigenvalue weighted by Crippen LogP contribution is 2.70. The number of halogens is 2. The lowest BCUT2D eigenvalue weighted by Gasteiger charge is -2.66. The average molecular weight is 364 g/mol. The largest absolute Gasteiger partial charge is 0.0916 e. The van der Waals surface area contributed by atoms with E-state index >= 15 is 0 Å². The van der Waals surface area contributed by atoms with Gasteiger partial charge in [-0.2, -0.15) is 0 Å². The van der Waals surface area contributed by atoms with Crippen LogP contribution < -0.4 is 0 Å². The predicted molar refractivity (Wildman–Crippen MR) is 81.0 cm³/mol. The van der Waals surface area contributed by atoms with Crippen molar-refractivity contribution in [3.63, 3.8) is 0 Å². The van der Waals surface area contributed by atoms with Gasteiger partial charge in [-0.05, 0) is 67.1 Å². The summed E-state index contributed by atoms with van der Waals surface area (Å²) in [6, 6.07) is 0. The van der Waals surface area contributed by atoms with Gasteiger partial charge in [0.15, 0.2) is 0 Å². The molecular formula is C15H24Br2. The molecule has 98 valence electrons. The highest BCUT2D eigenvalue weighted by Gasteiger charge is 2.59. The van der Waals surface area contributed by atoms with Crippen LogP contribution in [0.25, 0.3) is 0 Å². The zero-order valence-electron chi connectivity index (χ0n) is 11.1. The van der Waals surface area contributed by atoms with Gasteiger partial charge in [-0.15, -0.1) is 0 Å². The molecule has 4 rings (SSSR count). The minimum absolute atomic E-state index is 0.671. The Labute approximate surface area is 123 Å². The molecule has 0 saturated heterocycles. The second-order valence-electron chi connectivity index (χ2n) is 8.09. The van der Waals surface area contributed by atoms with Crippen LogP contribution >= 0.6 is 31.9 Å². The van der Waals surface area contributed by atoms with Crippen molar-refractivity contribution in [2.24, 2.45) is 22.2 Å². The van der Waals surface area contributed by atoms with Crippen molar-refractivity contribution < 1.29 is 0 Å². The Kier molecular flexibility index (Phi) is 3.03. The number of rotatable bonds is 3. The fourth-order valence-electron chi connectivity index (χ4n) is 6.44. The van der Waals surface area contributed by atoms with Crippen LogP contribution in [0.5, 0.6) is 0 Å². The fraction of sp³-hybridized carbons (Fsp3) is 1.00. The van der Waals surface area contributed by atoms with Gasteiger partial charge in [0.05, 0.1) is 0 Å². The van der Waals surface area contributed by atoms with Gasteiger partial charge < -0.3 is 0 Å². The van der Waals surface area contributed by atoms with Crippen LogP contribution in [-0.2, 0) is 0 Å². The van der Waals surface area contributed by atoms with Crippen molar-refractivity contribution in [1.82, 2.24) is 0 Å². The summed E-state index contributed by atoms with van der Waals surface area (Å²) in [6.07, 6.45) is 10.5. The van der Waals surface area contributed by atoms with E-state index in [1.54, 1.807) is 0 Å². The summed E-state index contributed by atoms with van der Waals surface area (Å²) in [4.78, 5) is 0.672. The van der Waals surface area contributed by atoms with Gasteiger partial charge in [0.2, 0.25) is 0 Å². The quantitative estimate of drug-likeness (QED) is 0.578. The van der Waals surface area contributed by atoms with Gasteiger partial charge in [-0.3, -0.25) is 0 Å². The molecule has 4 aliphatic carbocycles. The van der Waals surface area contributed by atoms with Gasteiger partial charge in [-0.25, -0.2) is 0 Å². The monoisotopic (exact) mass is 362 g/mol. The summed E-state index contributed by atoms with van der Waals surface area (Å²) < 4.78 is 0. The zero-order chi connectivity index (χ0) is 12.3. The van der Waals surface area contributed by atoms with Crippen LogP contribution in [0.15, 0.2) is 0 Å². The van der Waals surface area contributed by atoms with Gasteiger partial charge in [-0.1, -0.05) is 45.7 Å². The molecule has 4 saturated carbocycles. The first kappa shape index (κ1) is 13.0. The van der Waals surface area contributed by atoms with E-state index in [0.29, 0.717) is 21.1 Å². The van der Waals surface area contributed by atoms with Crippen LogP contribution in [0.1, 0.15) is 58.8 Å². The van der Waals surface area contributed by atoms with Crippen molar-refractivity contribution in [3.05, 3.63) is 0 Å². The maximum absolute atomic E-state index is 3.86. The lowest BCUT2D eigenvalue weighted by Crippen LogP contribution is -2.55. The minimum atomic E-state index is 0.671. The second kappa shape index (κ2) is 3.98. The molecule has 4 aliphatic rings. The summed E-state index contributed by atoms with van der Waals surface area (Å²) >= 11 is 7.49. The first-order valence-electron chi connectivity index (χ1n) is 7.06. The Morgan fingerprint density at radius 3 is 2.12 bits per heavy atom. The van der Waals surface area contributed by atoms with E-state index in [2.05, 4.69) is 45.7 Å². The topological polar surface area (TPSA) is 0 Å². The van der Waals surface area contributed by atoms with E-state index < -0.39 is 0 Å². The molecule has 0 aromatic carbocycles. The molecule has 4 bridgehead atoms. The Hall–Kier alpha value is 0.960. The highest BCUT2D eigenvalue weighted by molar-refractivity contribution is 9.12. The molecule has 3 atom stereocenters. The Morgan fingerprint density at radius 2 is 1.65 bits per heavy atom. The maximum Gasteiger partial charge on any atom is 0.0248 e. The molecule has 17 heavy (non-hydrogen) atoms. The third-order valence-electron chi connectivity index (χ3n) is 5.56. The number of alkyl halides is 2. The molecule has 0 aromatic rings. The van der Waals surface area contributed by atoms with E-state index in [-0.39, 0.29) is 0 Å². The molecule has 0 amide bonds. The first-order chi connectivity index (χ1) is 7.86. The molecule has 4 fully saturated rings. The van der Waals surface area contributed by atoms with Gasteiger partial charge in [0.25, 0.3) is 0 Å². The third kappa shape index (κ3) is 2.26. The normalized spacial score (nSPS) is 54.0. The molecule has 0 spiro atoms. The summed E-state index contributed by atoms with van der Waals surface area (Å²) in [7, 11) is 0. The smallest absolute Gasteiger partial charge is 0.0248 e. The predicted octanol–water partition coefficient (Wildman–Crippen LogP) is 5.53. The van der Waals surface area contributed by atoms with Crippen molar-refractivity contribution >= 4 is 31.9 Å². The van der Waals surface area contributed by atoms with Gasteiger partial charge in [0.1, 0.15) is 0 Å². The molecule has 3 unspecified atom stereocenters. The lowest BCUT2D eigenvalue weighted by atomic mass is 9.40. The standard InChI is InChI=1S/C15H24Br2/c1-13-3-11-4-14(2,8-13)10-15(5-11,9-13)6-12(17)7-16/h11-12H,3-10H2,1-2H3. The Bertz CT molecular complexity index is 307. The van der Waals surface area contributed by atoms with E-state index in [1.165, 1.54) is 44.9 Å². The molecule has 0 nitrogen and oxygen atoms in total. The summed E-state index contributed by atoms with van der Waals surface area (Å²) in [5.41, 5.74) is 2.02. The molecule has 0 aromatic heterocycles. The molecule has 0 aliphatic heterocycles. The zero-order valence-corrected chi connectivity index (χ0v) is 14.2. The summed E-state index contributed by atoms with van der Waals surface area (Å²) in [6.45, 7) is 5.14. The van der Waals surface area contributed by atoms with Crippen molar-refractivity contribution in [2.75, 3.05) is 5.33 Å². The molecule has 0 heterocycles. The summed E-state index contributed by atoms with van der Waals surface area (Å²) in [5, 5.41) is 1.10. The van der Waals surface area contributed by atoms with Crippen molar-refractivity contribution in [2.45, 2.75) is 63.6 Å². The van der Waals surface area contributed by atoms with E-state index in [0.717, 1.165) is 11.2 Å². The lowest BCUT2D eigenvalue weighted by molar-refractivity contribution is -0.146. The molecule has 0 N–H and O–H groups in total. The highest BCUT2D eigenvalue weighted by atomic mass is 79.9. The average Bonchev–Trinajstić information content (AvgIpc) is 2.10. The van der Waals surface area contributed by atoms with Crippen LogP contribution in [0.2, 0.25) is 0 Å². The molecule has 0 radical (unpaired) electrons. The second-order valence-corrected chi connectivity index (χ2v) is 10.0. The number of hydrogen-bond donors (Lipinski definition) is 0. The fourth-order valence-corrected chi connectivity index (χ4v) is 7.35. The van der Waals surface area contributed by atoms with Crippen LogP contribution in [0.3, 0.4) is 0 Å².